The molecule has 2 N–H and O–H groups in total. The fourth-order valence-electron chi connectivity index (χ4n) is 2.03. The van der Waals surface area contributed by atoms with Crippen molar-refractivity contribution in [3.8, 4) is 0 Å². The highest BCUT2D eigenvalue weighted by atomic mass is 16.4. The van der Waals surface area contributed by atoms with Crippen LogP contribution in [0.5, 0.6) is 0 Å². The first-order chi connectivity index (χ1) is 9.61. The van der Waals surface area contributed by atoms with Crippen LogP contribution in [0.3, 0.4) is 0 Å². The molecule has 6 nitrogen and oxygen atoms in total. The largest absolute Gasteiger partial charge is 0.481 e. The molecule has 0 bridgehead atoms. The van der Waals surface area contributed by atoms with Crippen LogP contribution >= 0.6 is 0 Å². The number of aliphatic carboxylic acids is 1. The number of aryl methyl sites for hydroxylation is 1. The van der Waals surface area contributed by atoms with Crippen LogP contribution in [0.25, 0.3) is 0 Å². The maximum absolute atomic E-state index is 11.6. The third kappa shape index (κ3) is 6.92. The van der Waals surface area contributed by atoms with Crippen LogP contribution in [0.15, 0.2) is 18.7 Å². The van der Waals surface area contributed by atoms with Crippen LogP contribution in [0.2, 0.25) is 0 Å². The monoisotopic (exact) mass is 281 g/mol. The number of carboxylic acids is 1. The van der Waals surface area contributed by atoms with Gasteiger partial charge in [-0.2, -0.15) is 0 Å². The van der Waals surface area contributed by atoms with Gasteiger partial charge in [0.05, 0.1) is 6.33 Å². The van der Waals surface area contributed by atoms with E-state index in [1.54, 1.807) is 12.5 Å². The SMILES string of the molecule is CCC(CCNC(=O)CCn1ccnc1)CCC(=O)O. The first kappa shape index (κ1) is 16.2. The molecule has 0 spiro atoms. The van der Waals surface area contributed by atoms with Crippen molar-refractivity contribution >= 4 is 11.9 Å². The van der Waals surface area contributed by atoms with Crippen molar-refractivity contribution in [3.05, 3.63) is 18.7 Å². The average Bonchev–Trinajstić information content (AvgIpc) is 2.93. The molecule has 112 valence electrons. The fraction of sp³-hybridized carbons (Fsp3) is 0.643. The minimum Gasteiger partial charge on any atom is -0.481 e. The number of nitrogens with one attached hydrogen (secondary N) is 1. The second kappa shape index (κ2) is 9.12. The van der Waals surface area contributed by atoms with Crippen LogP contribution in [0.1, 0.15) is 39.0 Å². The Morgan fingerprint density at radius 2 is 2.15 bits per heavy atom. The van der Waals surface area contributed by atoms with Gasteiger partial charge in [0.1, 0.15) is 0 Å². The van der Waals surface area contributed by atoms with Crippen LogP contribution < -0.4 is 5.32 Å². The minimum atomic E-state index is -0.757. The summed E-state index contributed by atoms with van der Waals surface area (Å²) in [6.07, 6.45) is 8.29. The van der Waals surface area contributed by atoms with E-state index in [0.29, 0.717) is 31.8 Å². The molecule has 1 atom stereocenters. The van der Waals surface area contributed by atoms with Gasteiger partial charge in [-0.15, -0.1) is 0 Å². The molecule has 1 rings (SSSR count). The molecular weight excluding hydrogens is 258 g/mol. The third-order valence-electron chi connectivity index (χ3n) is 3.37. The third-order valence-corrected chi connectivity index (χ3v) is 3.37. The number of amides is 1. The van der Waals surface area contributed by atoms with Crippen LogP contribution in [0, 0.1) is 5.92 Å². The highest BCUT2D eigenvalue weighted by Gasteiger charge is 2.09. The molecule has 20 heavy (non-hydrogen) atoms. The summed E-state index contributed by atoms with van der Waals surface area (Å²) in [6.45, 7) is 3.29. The molecule has 1 amide bonds. The van der Waals surface area contributed by atoms with E-state index in [4.69, 9.17) is 5.11 Å². The Kier molecular flexibility index (Phi) is 7.39. The molecule has 0 saturated carbocycles. The Bertz CT molecular complexity index is 404. The van der Waals surface area contributed by atoms with Gasteiger partial charge in [-0.25, -0.2) is 4.98 Å². The molecule has 0 aromatic carbocycles. The summed E-state index contributed by atoms with van der Waals surface area (Å²) in [5.74, 6) is -0.375. The van der Waals surface area contributed by atoms with Crippen molar-refractivity contribution in [1.82, 2.24) is 14.9 Å². The Balaban J connectivity index is 2.11. The van der Waals surface area contributed by atoms with Crippen molar-refractivity contribution in [3.63, 3.8) is 0 Å². The smallest absolute Gasteiger partial charge is 0.303 e. The van der Waals surface area contributed by atoms with Gasteiger partial charge >= 0.3 is 5.97 Å². The van der Waals surface area contributed by atoms with Gasteiger partial charge in [-0.1, -0.05) is 13.3 Å². The molecule has 0 aliphatic heterocycles. The second-order valence-corrected chi connectivity index (χ2v) is 4.90. The summed E-state index contributed by atoms with van der Waals surface area (Å²) < 4.78 is 1.86. The second-order valence-electron chi connectivity index (χ2n) is 4.90. The van der Waals surface area contributed by atoms with E-state index in [9.17, 15) is 9.59 Å². The molecule has 0 fully saturated rings. The summed E-state index contributed by atoms with van der Waals surface area (Å²) in [4.78, 5) is 26.1. The van der Waals surface area contributed by atoms with E-state index in [2.05, 4.69) is 10.3 Å². The molecule has 0 aliphatic rings. The van der Waals surface area contributed by atoms with Crippen LogP contribution in [-0.2, 0) is 16.1 Å². The van der Waals surface area contributed by atoms with E-state index < -0.39 is 5.97 Å². The quantitative estimate of drug-likeness (QED) is 0.683. The number of carbonyl (C=O) groups is 2. The lowest BCUT2D eigenvalue weighted by atomic mass is 9.96. The van der Waals surface area contributed by atoms with Crippen molar-refractivity contribution in [2.45, 2.75) is 45.6 Å². The van der Waals surface area contributed by atoms with E-state index in [1.165, 1.54) is 0 Å². The topological polar surface area (TPSA) is 84.2 Å². The Morgan fingerprint density at radius 1 is 1.35 bits per heavy atom. The molecule has 1 aromatic rings. The van der Waals surface area contributed by atoms with Gasteiger partial charge in [-0.3, -0.25) is 9.59 Å². The molecule has 0 aliphatic carbocycles. The zero-order chi connectivity index (χ0) is 14.8. The van der Waals surface area contributed by atoms with Gasteiger partial charge in [0.2, 0.25) is 5.91 Å². The van der Waals surface area contributed by atoms with Gasteiger partial charge in [0.15, 0.2) is 0 Å². The zero-order valence-corrected chi connectivity index (χ0v) is 11.9. The summed E-state index contributed by atoms with van der Waals surface area (Å²) in [5, 5.41) is 11.5. The van der Waals surface area contributed by atoms with Crippen molar-refractivity contribution in [2.24, 2.45) is 5.92 Å². The highest BCUT2D eigenvalue weighted by Crippen LogP contribution is 2.14. The molecular formula is C14H23N3O3. The number of imidazole rings is 1. The molecule has 1 heterocycles. The predicted molar refractivity (Wildman–Crippen MR) is 75.1 cm³/mol. The van der Waals surface area contributed by atoms with E-state index in [1.807, 2.05) is 17.7 Å². The van der Waals surface area contributed by atoms with Crippen LogP contribution in [0.4, 0.5) is 0 Å². The maximum Gasteiger partial charge on any atom is 0.303 e. The Labute approximate surface area is 119 Å². The van der Waals surface area contributed by atoms with Crippen molar-refractivity contribution in [2.75, 3.05) is 6.54 Å². The highest BCUT2D eigenvalue weighted by molar-refractivity contribution is 5.75. The lowest BCUT2D eigenvalue weighted by Crippen LogP contribution is -2.26. The normalized spacial score (nSPS) is 12.1. The van der Waals surface area contributed by atoms with Gasteiger partial charge in [-0.05, 0) is 18.8 Å². The summed E-state index contributed by atoms with van der Waals surface area (Å²) >= 11 is 0. The van der Waals surface area contributed by atoms with Crippen LogP contribution in [-0.4, -0.2) is 33.1 Å². The molecule has 6 heteroatoms. The molecule has 1 aromatic heterocycles. The predicted octanol–water partition coefficient (Wildman–Crippen LogP) is 1.67. The Morgan fingerprint density at radius 3 is 2.75 bits per heavy atom. The Hall–Kier alpha value is -1.85. The number of hydrogen-bond donors (Lipinski definition) is 2. The number of aromatic nitrogens is 2. The minimum absolute atomic E-state index is 0.0202. The van der Waals surface area contributed by atoms with Crippen molar-refractivity contribution in [1.29, 1.82) is 0 Å². The van der Waals surface area contributed by atoms with Crippen molar-refractivity contribution < 1.29 is 14.7 Å². The zero-order valence-electron chi connectivity index (χ0n) is 11.9. The number of carboxylic acid groups (broad SMARTS) is 1. The lowest BCUT2D eigenvalue weighted by Gasteiger charge is -2.14. The number of carbonyl (C=O) groups excluding carboxylic acids is 1. The summed E-state index contributed by atoms with van der Waals surface area (Å²) in [5.41, 5.74) is 0. The van der Waals surface area contributed by atoms with E-state index in [0.717, 1.165) is 12.8 Å². The summed E-state index contributed by atoms with van der Waals surface area (Å²) in [6, 6.07) is 0. The number of nitrogens with zero attached hydrogens (tertiary/aromatic N) is 2. The number of hydrogen-bond acceptors (Lipinski definition) is 3. The van der Waals surface area contributed by atoms with Gasteiger partial charge < -0.3 is 15.0 Å². The van der Waals surface area contributed by atoms with E-state index in [-0.39, 0.29) is 12.3 Å². The first-order valence-corrected chi connectivity index (χ1v) is 7.06. The molecule has 1 unspecified atom stereocenters. The summed E-state index contributed by atoms with van der Waals surface area (Å²) in [7, 11) is 0. The molecule has 0 saturated heterocycles. The maximum atomic E-state index is 11.6. The fourth-order valence-corrected chi connectivity index (χ4v) is 2.03. The first-order valence-electron chi connectivity index (χ1n) is 7.06. The number of rotatable bonds is 10. The van der Waals surface area contributed by atoms with Gasteiger partial charge in [0, 0.05) is 38.3 Å². The average molecular weight is 281 g/mol. The lowest BCUT2D eigenvalue weighted by molar-refractivity contribution is -0.137. The van der Waals surface area contributed by atoms with E-state index >= 15 is 0 Å². The standard InChI is InChI=1S/C14H23N3O3/c1-2-12(3-4-14(19)20)5-7-16-13(18)6-9-17-10-8-15-11-17/h8,10-12H,2-7,9H2,1H3,(H,16,18)(H,19,20). The van der Waals surface area contributed by atoms with Gasteiger partial charge in [0.25, 0.3) is 0 Å². The molecule has 0 radical (unpaired) electrons.